The molecule has 2 rings (SSSR count). The number of carbonyl (C=O) groups excluding carboxylic acids is 1. The largest absolute Gasteiger partial charge is 0.331 e. The second kappa shape index (κ2) is 4.85. The first-order chi connectivity index (χ1) is 8.84. The van der Waals surface area contributed by atoms with Gasteiger partial charge in [0.15, 0.2) is 17.5 Å². The lowest BCUT2D eigenvalue weighted by Crippen LogP contribution is -2.60. The minimum absolute atomic E-state index is 0.393. The topological polar surface area (TPSA) is 32.3 Å². The van der Waals surface area contributed by atoms with E-state index in [2.05, 4.69) is 5.32 Å². The molecule has 3 nitrogen and oxygen atoms in total. The summed E-state index contributed by atoms with van der Waals surface area (Å²) in [4.78, 5) is 13.7. The van der Waals surface area contributed by atoms with Gasteiger partial charge in [0.05, 0.1) is 11.1 Å². The lowest BCUT2D eigenvalue weighted by Gasteiger charge is -2.42. The fourth-order valence-corrected chi connectivity index (χ4v) is 2.20. The van der Waals surface area contributed by atoms with Crippen LogP contribution in [0.15, 0.2) is 12.1 Å². The lowest BCUT2D eigenvalue weighted by molar-refractivity contribution is 0.0471. The second-order valence-corrected chi connectivity index (χ2v) is 5.17. The molecule has 1 aromatic carbocycles. The number of piperazine rings is 1. The average Bonchev–Trinajstić information content (AvgIpc) is 2.35. The molecule has 0 unspecified atom stereocenters. The van der Waals surface area contributed by atoms with Crippen molar-refractivity contribution in [2.75, 3.05) is 19.6 Å². The molecule has 1 aliphatic heterocycles. The number of nitrogens with one attached hydrogen (secondary N) is 1. The zero-order valence-corrected chi connectivity index (χ0v) is 10.8. The zero-order valence-electron chi connectivity index (χ0n) is 10.8. The zero-order chi connectivity index (χ0) is 14.2. The Hall–Kier alpha value is -1.56. The molecule has 0 atom stereocenters. The highest BCUT2D eigenvalue weighted by molar-refractivity contribution is 5.95. The molecule has 1 fully saturated rings. The Morgan fingerprint density at radius 1 is 1.26 bits per heavy atom. The van der Waals surface area contributed by atoms with E-state index in [1.54, 1.807) is 0 Å². The Kier molecular flexibility index (Phi) is 3.54. The minimum atomic E-state index is -1.61. The van der Waals surface area contributed by atoms with Crippen molar-refractivity contribution >= 4 is 5.91 Å². The van der Waals surface area contributed by atoms with Gasteiger partial charge in [-0.05, 0) is 26.0 Å². The van der Waals surface area contributed by atoms with Gasteiger partial charge in [0.1, 0.15) is 0 Å². The smallest absolute Gasteiger partial charge is 0.257 e. The van der Waals surface area contributed by atoms with Crippen LogP contribution in [-0.4, -0.2) is 36.0 Å². The molecule has 6 heteroatoms. The number of halogens is 3. The highest BCUT2D eigenvalue weighted by atomic mass is 19.2. The molecule has 0 radical (unpaired) electrons. The lowest BCUT2D eigenvalue weighted by atomic mass is 9.98. The van der Waals surface area contributed by atoms with Crippen molar-refractivity contribution in [1.29, 1.82) is 0 Å². The first kappa shape index (κ1) is 13.9. The fraction of sp³-hybridized carbons (Fsp3) is 0.462. The molecule has 19 heavy (non-hydrogen) atoms. The van der Waals surface area contributed by atoms with E-state index in [1.165, 1.54) is 4.90 Å². The molecule has 1 aromatic rings. The maximum Gasteiger partial charge on any atom is 0.257 e. The summed E-state index contributed by atoms with van der Waals surface area (Å²) < 4.78 is 39.7. The molecular weight excluding hydrogens is 257 g/mol. The first-order valence-corrected chi connectivity index (χ1v) is 6.01. The van der Waals surface area contributed by atoms with Gasteiger partial charge < -0.3 is 10.2 Å². The van der Waals surface area contributed by atoms with Crippen LogP contribution < -0.4 is 5.32 Å². The Morgan fingerprint density at radius 2 is 1.95 bits per heavy atom. The summed E-state index contributed by atoms with van der Waals surface area (Å²) in [6, 6.07) is 1.75. The van der Waals surface area contributed by atoms with E-state index in [9.17, 15) is 18.0 Å². The van der Waals surface area contributed by atoms with Gasteiger partial charge in [0.2, 0.25) is 0 Å². The average molecular weight is 272 g/mol. The van der Waals surface area contributed by atoms with Gasteiger partial charge >= 0.3 is 0 Å². The van der Waals surface area contributed by atoms with Gasteiger partial charge in [-0.25, -0.2) is 13.2 Å². The summed E-state index contributed by atoms with van der Waals surface area (Å²) >= 11 is 0. The Morgan fingerprint density at radius 3 is 2.58 bits per heavy atom. The van der Waals surface area contributed by atoms with Crippen LogP contribution in [0.3, 0.4) is 0 Å². The van der Waals surface area contributed by atoms with Crippen molar-refractivity contribution < 1.29 is 18.0 Å². The Balaban J connectivity index is 2.37. The maximum atomic E-state index is 13.6. The van der Waals surface area contributed by atoms with Crippen LogP contribution in [-0.2, 0) is 0 Å². The van der Waals surface area contributed by atoms with Gasteiger partial charge in [0.25, 0.3) is 5.91 Å². The number of hydrogen-bond donors (Lipinski definition) is 1. The van der Waals surface area contributed by atoms with Crippen molar-refractivity contribution in [2.45, 2.75) is 19.4 Å². The second-order valence-electron chi connectivity index (χ2n) is 5.17. The van der Waals surface area contributed by atoms with Crippen LogP contribution >= 0.6 is 0 Å². The SMILES string of the molecule is CC1(C)CNCCN1C(=O)c1ccc(F)c(F)c1F. The number of nitrogens with zero attached hydrogens (tertiary/aromatic N) is 1. The predicted molar refractivity (Wildman–Crippen MR) is 64.3 cm³/mol. The van der Waals surface area contributed by atoms with Gasteiger partial charge in [-0.2, -0.15) is 0 Å². The number of benzene rings is 1. The van der Waals surface area contributed by atoms with Gasteiger partial charge in [0, 0.05) is 19.6 Å². The summed E-state index contributed by atoms with van der Waals surface area (Å²) in [6.07, 6.45) is 0. The molecular formula is C13H15F3N2O. The monoisotopic (exact) mass is 272 g/mol. The van der Waals surface area contributed by atoms with E-state index in [0.29, 0.717) is 19.6 Å². The molecule has 1 aliphatic rings. The predicted octanol–water partition coefficient (Wildman–Crippen LogP) is 1.93. The Labute approximate surface area is 109 Å². The number of amides is 1. The van der Waals surface area contributed by atoms with Crippen molar-refractivity contribution in [3.8, 4) is 0 Å². The van der Waals surface area contributed by atoms with Crippen LogP contribution in [0.5, 0.6) is 0 Å². The number of carbonyl (C=O) groups is 1. The summed E-state index contributed by atoms with van der Waals surface area (Å²) in [5.74, 6) is -4.96. The number of rotatable bonds is 1. The molecule has 104 valence electrons. The molecule has 0 saturated carbocycles. The van der Waals surface area contributed by atoms with Crippen molar-refractivity contribution in [2.24, 2.45) is 0 Å². The molecule has 1 heterocycles. The normalized spacial score (nSPS) is 18.5. The van der Waals surface area contributed by atoms with Crippen molar-refractivity contribution in [3.05, 3.63) is 35.1 Å². The molecule has 0 spiro atoms. The van der Waals surface area contributed by atoms with Crippen LogP contribution in [0.1, 0.15) is 24.2 Å². The molecule has 1 N–H and O–H groups in total. The van der Waals surface area contributed by atoms with E-state index in [4.69, 9.17) is 0 Å². The van der Waals surface area contributed by atoms with E-state index in [0.717, 1.165) is 12.1 Å². The fourth-order valence-electron chi connectivity index (χ4n) is 2.20. The standard InChI is InChI=1S/C13H15F3N2O/c1-13(2)7-17-5-6-18(13)12(19)8-3-4-9(14)11(16)10(8)15/h3-4,17H,5-7H2,1-2H3. The van der Waals surface area contributed by atoms with Crippen LogP contribution in [0.2, 0.25) is 0 Å². The summed E-state index contributed by atoms with van der Waals surface area (Å²) in [5, 5.41) is 3.12. The van der Waals surface area contributed by atoms with Crippen molar-refractivity contribution in [3.63, 3.8) is 0 Å². The first-order valence-electron chi connectivity index (χ1n) is 6.01. The van der Waals surface area contributed by atoms with E-state index >= 15 is 0 Å². The highest BCUT2D eigenvalue weighted by Crippen LogP contribution is 2.22. The molecule has 0 bridgehead atoms. The summed E-state index contributed by atoms with van der Waals surface area (Å²) in [5.41, 5.74) is -0.944. The van der Waals surface area contributed by atoms with Crippen LogP contribution in [0.25, 0.3) is 0 Å². The third-order valence-electron chi connectivity index (χ3n) is 3.31. The third kappa shape index (κ3) is 2.45. The maximum absolute atomic E-state index is 13.6. The van der Waals surface area contributed by atoms with Gasteiger partial charge in [-0.3, -0.25) is 4.79 Å². The summed E-state index contributed by atoms with van der Waals surface area (Å²) in [6.45, 7) is 5.19. The van der Waals surface area contributed by atoms with E-state index < -0.39 is 34.5 Å². The van der Waals surface area contributed by atoms with E-state index in [-0.39, 0.29) is 0 Å². The van der Waals surface area contributed by atoms with Crippen LogP contribution in [0.4, 0.5) is 13.2 Å². The number of hydrogen-bond acceptors (Lipinski definition) is 2. The highest BCUT2D eigenvalue weighted by Gasteiger charge is 2.35. The summed E-state index contributed by atoms with van der Waals surface area (Å²) in [7, 11) is 0. The third-order valence-corrected chi connectivity index (χ3v) is 3.31. The molecule has 1 amide bonds. The van der Waals surface area contributed by atoms with E-state index in [1.807, 2.05) is 13.8 Å². The minimum Gasteiger partial charge on any atom is -0.331 e. The molecule has 0 aromatic heterocycles. The van der Waals surface area contributed by atoms with Crippen molar-refractivity contribution in [1.82, 2.24) is 10.2 Å². The molecule has 0 aliphatic carbocycles. The molecule has 1 saturated heterocycles. The van der Waals surface area contributed by atoms with Gasteiger partial charge in [-0.15, -0.1) is 0 Å². The Bertz CT molecular complexity index is 517. The van der Waals surface area contributed by atoms with Gasteiger partial charge in [-0.1, -0.05) is 0 Å². The van der Waals surface area contributed by atoms with Crippen LogP contribution in [0, 0.1) is 17.5 Å². The quantitative estimate of drug-likeness (QED) is 0.792.